The molecule has 2 heterocycles. The van der Waals surface area contributed by atoms with Gasteiger partial charge in [0, 0.05) is 55.2 Å². The van der Waals surface area contributed by atoms with Gasteiger partial charge in [0.1, 0.15) is 0 Å². The number of nitrogens with one attached hydrogen (secondary N) is 3. The highest BCUT2D eigenvalue weighted by atomic mass is 16.2. The summed E-state index contributed by atoms with van der Waals surface area (Å²) in [7, 11) is 2.17. The van der Waals surface area contributed by atoms with Crippen molar-refractivity contribution >= 4 is 34.5 Å². The van der Waals surface area contributed by atoms with Crippen LogP contribution in [-0.4, -0.2) is 54.8 Å². The van der Waals surface area contributed by atoms with Gasteiger partial charge in [-0.3, -0.25) is 14.5 Å². The van der Waals surface area contributed by atoms with E-state index in [0.29, 0.717) is 28.1 Å². The highest BCUT2D eigenvalue weighted by Gasteiger charge is 2.29. The molecule has 0 bridgehead atoms. The number of hydrogen-bond donors (Lipinski definition) is 3. The molecule has 0 aliphatic carbocycles. The molecule has 7 heteroatoms. The molecule has 218 valence electrons. The van der Waals surface area contributed by atoms with E-state index in [1.54, 1.807) is 18.2 Å². The molecule has 7 nitrogen and oxygen atoms in total. The Balaban J connectivity index is 1.28. The lowest BCUT2D eigenvalue weighted by Gasteiger charge is -2.32. The maximum absolute atomic E-state index is 13.5. The van der Waals surface area contributed by atoms with Crippen molar-refractivity contribution in [2.45, 2.75) is 19.5 Å². The van der Waals surface area contributed by atoms with Gasteiger partial charge in [-0.25, -0.2) is 0 Å². The summed E-state index contributed by atoms with van der Waals surface area (Å²) in [6.45, 7) is 7.20. The van der Waals surface area contributed by atoms with Crippen LogP contribution >= 0.6 is 0 Å². The van der Waals surface area contributed by atoms with Gasteiger partial charge in [-0.15, -0.1) is 0 Å². The van der Waals surface area contributed by atoms with Crippen LogP contribution in [0, 0.1) is 0 Å². The fourth-order valence-electron chi connectivity index (χ4n) is 5.65. The SMILES string of the molecule is C[C@@H](NC(=O)c1ccc2c(c1)/C(=C(/Nc1ccc(CN3CCN(C)CC3)cc1)c1ccccc1)C(=O)N2)c1ccccc1. The van der Waals surface area contributed by atoms with Gasteiger partial charge in [-0.1, -0.05) is 72.8 Å². The summed E-state index contributed by atoms with van der Waals surface area (Å²) in [5, 5.41) is 9.63. The number of piperazine rings is 1. The molecule has 4 aromatic rings. The third-order valence-electron chi connectivity index (χ3n) is 8.21. The number of anilines is 2. The Morgan fingerprint density at radius 2 is 1.51 bits per heavy atom. The number of carbonyl (C=O) groups excluding carboxylic acids is 2. The van der Waals surface area contributed by atoms with E-state index in [-0.39, 0.29) is 17.9 Å². The Bertz CT molecular complexity index is 1630. The minimum Gasteiger partial charge on any atom is -0.354 e. The van der Waals surface area contributed by atoms with Gasteiger partial charge in [-0.05, 0) is 61.0 Å². The molecule has 6 rings (SSSR count). The van der Waals surface area contributed by atoms with Crippen LogP contribution in [-0.2, 0) is 11.3 Å². The van der Waals surface area contributed by atoms with Gasteiger partial charge in [0.25, 0.3) is 11.8 Å². The van der Waals surface area contributed by atoms with Gasteiger partial charge in [0.05, 0.1) is 17.3 Å². The minimum atomic E-state index is -0.205. The smallest absolute Gasteiger partial charge is 0.258 e. The van der Waals surface area contributed by atoms with Crippen LogP contribution in [0.15, 0.2) is 103 Å². The van der Waals surface area contributed by atoms with Gasteiger partial charge in [0.2, 0.25) is 0 Å². The standard InChI is InChI=1S/C36H37N5O2/c1-25(27-9-5-3-6-10-27)37-35(42)29-15-18-32-31(23-29)33(36(43)39-32)34(28-11-7-4-8-12-28)38-30-16-13-26(14-17-30)24-41-21-19-40(2)20-22-41/h3-18,23,25,38H,19-22,24H2,1-2H3,(H,37,42)(H,39,43)/b34-33-/t25-/m1/s1. The normalized spacial score (nSPS) is 17.1. The molecule has 0 spiro atoms. The Hall–Kier alpha value is -4.72. The maximum Gasteiger partial charge on any atom is 0.258 e. The molecule has 43 heavy (non-hydrogen) atoms. The van der Waals surface area contributed by atoms with Crippen LogP contribution in [0.5, 0.6) is 0 Å². The molecule has 2 amide bonds. The number of benzene rings is 4. The Morgan fingerprint density at radius 1 is 0.837 bits per heavy atom. The molecule has 1 atom stereocenters. The van der Waals surface area contributed by atoms with E-state index in [9.17, 15) is 9.59 Å². The lowest BCUT2D eigenvalue weighted by Crippen LogP contribution is -2.43. The summed E-state index contributed by atoms with van der Waals surface area (Å²) < 4.78 is 0. The number of carbonyl (C=O) groups is 2. The second-order valence-electron chi connectivity index (χ2n) is 11.3. The monoisotopic (exact) mass is 571 g/mol. The van der Waals surface area contributed by atoms with Crippen molar-refractivity contribution in [3.05, 3.63) is 131 Å². The molecule has 4 aromatic carbocycles. The average Bonchev–Trinajstić information content (AvgIpc) is 3.37. The Morgan fingerprint density at radius 3 is 2.21 bits per heavy atom. The van der Waals surface area contributed by atoms with E-state index in [0.717, 1.165) is 49.5 Å². The van der Waals surface area contributed by atoms with Crippen molar-refractivity contribution in [2.75, 3.05) is 43.9 Å². The summed E-state index contributed by atoms with van der Waals surface area (Å²) in [6.07, 6.45) is 0. The van der Waals surface area contributed by atoms with E-state index in [1.807, 2.05) is 67.6 Å². The molecule has 1 saturated heterocycles. The molecule has 0 saturated carbocycles. The van der Waals surface area contributed by atoms with Crippen LogP contribution in [0.4, 0.5) is 11.4 Å². The van der Waals surface area contributed by atoms with E-state index >= 15 is 0 Å². The summed E-state index contributed by atoms with van der Waals surface area (Å²) in [5.74, 6) is -0.397. The molecule has 0 unspecified atom stereocenters. The van der Waals surface area contributed by atoms with E-state index < -0.39 is 0 Å². The number of likely N-dealkylation sites (N-methyl/N-ethyl adjacent to an activating group) is 1. The second-order valence-corrected chi connectivity index (χ2v) is 11.3. The highest BCUT2D eigenvalue weighted by Crippen LogP contribution is 2.38. The summed E-state index contributed by atoms with van der Waals surface area (Å²) >= 11 is 0. The lowest BCUT2D eigenvalue weighted by atomic mass is 9.98. The number of fused-ring (bicyclic) bond motifs is 1. The van der Waals surface area contributed by atoms with Crippen LogP contribution in [0.3, 0.4) is 0 Å². The Kier molecular flexibility index (Phi) is 8.36. The first-order valence-corrected chi connectivity index (χ1v) is 14.8. The zero-order chi connectivity index (χ0) is 29.8. The van der Waals surface area contributed by atoms with Crippen molar-refractivity contribution in [3.63, 3.8) is 0 Å². The summed E-state index contributed by atoms with van der Waals surface area (Å²) in [5.41, 5.74) is 7.14. The third kappa shape index (κ3) is 6.53. The third-order valence-corrected chi connectivity index (χ3v) is 8.21. The maximum atomic E-state index is 13.5. The molecule has 3 N–H and O–H groups in total. The Labute approximate surface area is 253 Å². The zero-order valence-electron chi connectivity index (χ0n) is 24.6. The quantitative estimate of drug-likeness (QED) is 0.231. The highest BCUT2D eigenvalue weighted by molar-refractivity contribution is 6.37. The minimum absolute atomic E-state index is 0.155. The van der Waals surface area contributed by atoms with Crippen LogP contribution in [0.1, 0.15) is 45.6 Å². The van der Waals surface area contributed by atoms with Crippen LogP contribution in [0.25, 0.3) is 11.3 Å². The first kappa shape index (κ1) is 28.4. The first-order chi connectivity index (χ1) is 20.9. The topological polar surface area (TPSA) is 76.7 Å². The first-order valence-electron chi connectivity index (χ1n) is 14.8. The van der Waals surface area contributed by atoms with Crippen molar-refractivity contribution in [1.29, 1.82) is 0 Å². The van der Waals surface area contributed by atoms with E-state index in [1.165, 1.54) is 5.56 Å². The molecule has 2 aliphatic rings. The number of hydrogen-bond acceptors (Lipinski definition) is 5. The zero-order valence-corrected chi connectivity index (χ0v) is 24.6. The average molecular weight is 572 g/mol. The fourth-order valence-corrected chi connectivity index (χ4v) is 5.65. The van der Waals surface area contributed by atoms with Crippen LogP contribution < -0.4 is 16.0 Å². The second kappa shape index (κ2) is 12.7. The van der Waals surface area contributed by atoms with Crippen molar-refractivity contribution < 1.29 is 9.59 Å². The van der Waals surface area contributed by atoms with Crippen LogP contribution in [0.2, 0.25) is 0 Å². The lowest BCUT2D eigenvalue weighted by molar-refractivity contribution is -0.110. The van der Waals surface area contributed by atoms with Crippen molar-refractivity contribution in [3.8, 4) is 0 Å². The van der Waals surface area contributed by atoms with E-state index in [4.69, 9.17) is 0 Å². The predicted octanol–water partition coefficient (Wildman–Crippen LogP) is 5.86. The number of rotatable bonds is 8. The molecule has 0 radical (unpaired) electrons. The van der Waals surface area contributed by atoms with Gasteiger partial charge in [-0.2, -0.15) is 0 Å². The summed E-state index contributed by atoms with van der Waals surface area (Å²) in [4.78, 5) is 31.6. The van der Waals surface area contributed by atoms with E-state index in [2.05, 4.69) is 57.1 Å². The summed E-state index contributed by atoms with van der Waals surface area (Å²) in [6, 6.07) is 33.3. The van der Waals surface area contributed by atoms with Gasteiger partial charge in [0.15, 0.2) is 0 Å². The predicted molar refractivity (Wildman–Crippen MR) is 173 cm³/mol. The number of amides is 2. The molecule has 0 aromatic heterocycles. The van der Waals surface area contributed by atoms with Crippen molar-refractivity contribution in [2.24, 2.45) is 0 Å². The molecular weight excluding hydrogens is 534 g/mol. The molecular formula is C36H37N5O2. The van der Waals surface area contributed by atoms with Gasteiger partial charge < -0.3 is 20.9 Å². The molecule has 1 fully saturated rings. The van der Waals surface area contributed by atoms with Crippen molar-refractivity contribution in [1.82, 2.24) is 15.1 Å². The van der Waals surface area contributed by atoms with Gasteiger partial charge >= 0.3 is 0 Å². The fraction of sp³-hybridized carbons (Fsp3) is 0.222. The molecule has 2 aliphatic heterocycles. The largest absolute Gasteiger partial charge is 0.354 e. The number of nitrogens with zero attached hydrogens (tertiary/aromatic N) is 2.